The second-order valence-electron chi connectivity index (χ2n) is 9.53. The Bertz CT molecular complexity index is 718. The van der Waals surface area contributed by atoms with Crippen molar-refractivity contribution in [3.63, 3.8) is 0 Å². The summed E-state index contributed by atoms with van der Waals surface area (Å²) in [5.41, 5.74) is 1.17. The molecule has 2 aliphatic rings. The normalized spacial score (nSPS) is 28.8. The average Bonchev–Trinajstić information content (AvgIpc) is 2.69. The standard InChI is InChI=1S/C23H37NO5Si/c1-17-26-16-20(29-30(6,7)23(2,3)4)22(28-17)21-19(25-5)13-14-27-24(21)15-18-11-9-8-10-12-18/h8-13,17,20-22H,14-16H2,1-7H3/t17-,20+,21+,22-/m0/s1. The van der Waals surface area contributed by atoms with E-state index in [0.29, 0.717) is 19.8 Å². The fourth-order valence-corrected chi connectivity index (χ4v) is 4.92. The van der Waals surface area contributed by atoms with Gasteiger partial charge in [-0.15, -0.1) is 0 Å². The lowest BCUT2D eigenvalue weighted by Crippen LogP contribution is -2.60. The molecule has 6 nitrogen and oxygen atoms in total. The molecule has 0 spiro atoms. The Morgan fingerprint density at radius 1 is 1.17 bits per heavy atom. The molecule has 0 radical (unpaired) electrons. The smallest absolute Gasteiger partial charge is 0.192 e. The summed E-state index contributed by atoms with van der Waals surface area (Å²) in [6.45, 7) is 14.8. The molecule has 2 heterocycles. The second kappa shape index (κ2) is 9.50. The van der Waals surface area contributed by atoms with Crippen LogP contribution in [0.4, 0.5) is 0 Å². The van der Waals surface area contributed by atoms with Gasteiger partial charge in [-0.1, -0.05) is 51.1 Å². The average molecular weight is 436 g/mol. The van der Waals surface area contributed by atoms with Crippen molar-refractivity contribution in [2.24, 2.45) is 0 Å². The maximum atomic E-state index is 6.77. The summed E-state index contributed by atoms with van der Waals surface area (Å²) in [5, 5.41) is 2.06. The molecule has 168 valence electrons. The third-order valence-electron chi connectivity index (χ3n) is 6.32. The molecule has 0 aliphatic carbocycles. The summed E-state index contributed by atoms with van der Waals surface area (Å²) >= 11 is 0. The Labute approximate surface area is 182 Å². The van der Waals surface area contributed by atoms with Crippen molar-refractivity contribution >= 4 is 8.32 Å². The zero-order valence-electron chi connectivity index (χ0n) is 19.4. The zero-order chi connectivity index (χ0) is 21.9. The molecular formula is C23H37NO5Si. The van der Waals surface area contributed by atoms with Crippen molar-refractivity contribution in [3.8, 4) is 0 Å². The van der Waals surface area contributed by atoms with Crippen LogP contribution in [0.25, 0.3) is 0 Å². The lowest BCUT2D eigenvalue weighted by Gasteiger charge is -2.48. The van der Waals surface area contributed by atoms with Crippen LogP contribution >= 0.6 is 0 Å². The van der Waals surface area contributed by atoms with Gasteiger partial charge in [0, 0.05) is 0 Å². The molecule has 4 atom stereocenters. The molecule has 3 rings (SSSR count). The van der Waals surface area contributed by atoms with Crippen molar-refractivity contribution < 1.29 is 23.5 Å². The van der Waals surface area contributed by atoms with Gasteiger partial charge in [-0.2, -0.15) is 5.06 Å². The minimum atomic E-state index is -2.03. The van der Waals surface area contributed by atoms with Crippen LogP contribution < -0.4 is 0 Å². The third-order valence-corrected chi connectivity index (χ3v) is 10.8. The molecule has 1 aromatic carbocycles. The van der Waals surface area contributed by atoms with Gasteiger partial charge in [0.2, 0.25) is 0 Å². The first-order valence-corrected chi connectivity index (χ1v) is 13.7. The van der Waals surface area contributed by atoms with Crippen molar-refractivity contribution in [1.29, 1.82) is 0 Å². The first-order valence-electron chi connectivity index (χ1n) is 10.7. The number of hydrogen-bond acceptors (Lipinski definition) is 6. The second-order valence-corrected chi connectivity index (χ2v) is 14.3. The number of rotatable bonds is 6. The van der Waals surface area contributed by atoms with Crippen LogP contribution in [0.5, 0.6) is 0 Å². The van der Waals surface area contributed by atoms with Crippen LogP contribution in [0, 0.1) is 0 Å². The minimum Gasteiger partial charge on any atom is -0.499 e. The van der Waals surface area contributed by atoms with Crippen LogP contribution in [-0.4, -0.2) is 58.2 Å². The summed E-state index contributed by atoms with van der Waals surface area (Å²) in [6, 6.07) is 10.1. The zero-order valence-corrected chi connectivity index (χ0v) is 20.4. The van der Waals surface area contributed by atoms with E-state index in [1.807, 2.05) is 36.3 Å². The molecule has 0 saturated carbocycles. The Balaban J connectivity index is 1.90. The third kappa shape index (κ3) is 5.33. The van der Waals surface area contributed by atoms with Crippen molar-refractivity contribution in [2.45, 2.75) is 76.9 Å². The van der Waals surface area contributed by atoms with E-state index in [1.54, 1.807) is 7.11 Å². The summed E-state index contributed by atoms with van der Waals surface area (Å²) in [6.07, 6.45) is 1.20. The maximum Gasteiger partial charge on any atom is 0.192 e. The van der Waals surface area contributed by atoms with Crippen molar-refractivity contribution in [3.05, 3.63) is 47.7 Å². The number of hydrogen-bond donors (Lipinski definition) is 0. The molecule has 1 aromatic rings. The van der Waals surface area contributed by atoms with Gasteiger partial charge >= 0.3 is 0 Å². The summed E-state index contributed by atoms with van der Waals surface area (Å²) in [5.74, 6) is 0.847. The molecule has 30 heavy (non-hydrogen) atoms. The monoisotopic (exact) mass is 435 g/mol. The Morgan fingerprint density at radius 3 is 2.50 bits per heavy atom. The summed E-state index contributed by atoms with van der Waals surface area (Å²) < 4.78 is 24.7. The number of nitrogens with zero attached hydrogens (tertiary/aromatic N) is 1. The van der Waals surface area contributed by atoms with Crippen LogP contribution in [0.3, 0.4) is 0 Å². The highest BCUT2D eigenvalue weighted by molar-refractivity contribution is 6.74. The molecule has 1 fully saturated rings. The number of hydroxylamine groups is 2. The van der Waals surface area contributed by atoms with Gasteiger partial charge in [-0.05, 0) is 36.7 Å². The van der Waals surface area contributed by atoms with E-state index in [4.69, 9.17) is 23.5 Å². The highest BCUT2D eigenvalue weighted by Crippen LogP contribution is 2.39. The predicted molar refractivity (Wildman–Crippen MR) is 119 cm³/mol. The Hall–Kier alpha value is -1.22. The Morgan fingerprint density at radius 2 is 1.87 bits per heavy atom. The van der Waals surface area contributed by atoms with Crippen LogP contribution in [0.2, 0.25) is 18.1 Å². The first-order chi connectivity index (χ1) is 14.1. The first kappa shape index (κ1) is 23.4. The number of methoxy groups -OCH3 is 1. The van der Waals surface area contributed by atoms with Gasteiger partial charge in [-0.3, -0.25) is 4.84 Å². The van der Waals surface area contributed by atoms with Gasteiger partial charge in [0.25, 0.3) is 0 Å². The van der Waals surface area contributed by atoms with Gasteiger partial charge < -0.3 is 18.6 Å². The van der Waals surface area contributed by atoms with Gasteiger partial charge in [0.15, 0.2) is 14.6 Å². The predicted octanol–water partition coefficient (Wildman–Crippen LogP) is 4.48. The number of benzene rings is 1. The molecule has 7 heteroatoms. The van der Waals surface area contributed by atoms with Gasteiger partial charge in [-0.25, -0.2) is 0 Å². The minimum absolute atomic E-state index is 0.0906. The SMILES string of the molecule is COC1=CCON(Cc2ccccc2)[C@H]1[C@H]1O[C@@H](C)OC[C@H]1O[Si](C)(C)C(C)(C)C. The van der Waals surface area contributed by atoms with E-state index in [0.717, 1.165) is 5.76 Å². The quantitative estimate of drug-likeness (QED) is 0.614. The largest absolute Gasteiger partial charge is 0.499 e. The lowest BCUT2D eigenvalue weighted by atomic mass is 10.0. The van der Waals surface area contributed by atoms with E-state index in [-0.39, 0.29) is 29.6 Å². The van der Waals surface area contributed by atoms with E-state index in [2.05, 4.69) is 46.0 Å². The molecule has 0 aromatic heterocycles. The fraction of sp³-hybridized carbons (Fsp3) is 0.652. The molecule has 0 N–H and O–H groups in total. The molecular weight excluding hydrogens is 398 g/mol. The van der Waals surface area contributed by atoms with Gasteiger partial charge in [0.05, 0.1) is 33.0 Å². The highest BCUT2D eigenvalue weighted by atomic mass is 28.4. The fourth-order valence-electron chi connectivity index (χ4n) is 3.60. The van der Waals surface area contributed by atoms with E-state index in [1.165, 1.54) is 5.56 Å². The molecule has 0 bridgehead atoms. The van der Waals surface area contributed by atoms with Crippen LogP contribution in [0.1, 0.15) is 33.3 Å². The van der Waals surface area contributed by atoms with Crippen molar-refractivity contribution in [1.82, 2.24) is 5.06 Å². The highest BCUT2D eigenvalue weighted by Gasteiger charge is 2.48. The maximum absolute atomic E-state index is 6.77. The summed E-state index contributed by atoms with van der Waals surface area (Å²) in [7, 11) is -0.322. The number of ether oxygens (including phenoxy) is 3. The van der Waals surface area contributed by atoms with E-state index < -0.39 is 8.32 Å². The molecule has 0 amide bonds. The van der Waals surface area contributed by atoms with E-state index in [9.17, 15) is 0 Å². The topological polar surface area (TPSA) is 49.4 Å². The lowest BCUT2D eigenvalue weighted by molar-refractivity contribution is -0.288. The van der Waals surface area contributed by atoms with Crippen LogP contribution in [-0.2, 0) is 30.0 Å². The summed E-state index contributed by atoms with van der Waals surface area (Å²) in [4.78, 5) is 6.07. The van der Waals surface area contributed by atoms with Crippen LogP contribution in [0.15, 0.2) is 42.2 Å². The van der Waals surface area contributed by atoms with Gasteiger partial charge in [0.1, 0.15) is 17.9 Å². The van der Waals surface area contributed by atoms with Crippen molar-refractivity contribution in [2.75, 3.05) is 20.3 Å². The Kier molecular flexibility index (Phi) is 7.43. The van der Waals surface area contributed by atoms with E-state index >= 15 is 0 Å². The molecule has 1 saturated heterocycles. The molecule has 2 aliphatic heterocycles. The molecule has 0 unspecified atom stereocenters.